The zero-order valence-electron chi connectivity index (χ0n) is 8.36. The van der Waals surface area contributed by atoms with Crippen LogP contribution in [0.15, 0.2) is 0 Å². The number of halogens is 3. The summed E-state index contributed by atoms with van der Waals surface area (Å²) in [4.78, 5) is 10.8. The Hall–Kier alpha value is -0.780. The summed E-state index contributed by atoms with van der Waals surface area (Å²) >= 11 is 0. The van der Waals surface area contributed by atoms with Crippen molar-refractivity contribution in [3.05, 3.63) is 0 Å². The first-order valence-electron chi connectivity index (χ1n) is 5.04. The number of rotatable bonds is 4. The standard InChI is InChI=1S/C9H15F3N2O/c10-9(11,12)6-8(15)14-5-3-7-2-1-4-13-7/h7,13H,1-6H2,(H,14,15)/t7-/m0/s1. The van der Waals surface area contributed by atoms with Gasteiger partial charge in [0.25, 0.3) is 0 Å². The lowest BCUT2D eigenvalue weighted by Gasteiger charge is -2.11. The lowest BCUT2D eigenvalue weighted by molar-refractivity contribution is -0.153. The van der Waals surface area contributed by atoms with Crippen LogP contribution >= 0.6 is 0 Å². The Morgan fingerprint density at radius 2 is 2.20 bits per heavy atom. The zero-order chi connectivity index (χ0) is 11.3. The Morgan fingerprint density at radius 1 is 1.47 bits per heavy atom. The number of amides is 1. The molecule has 0 bridgehead atoms. The number of alkyl halides is 3. The number of hydrogen-bond acceptors (Lipinski definition) is 2. The molecule has 1 amide bonds. The summed E-state index contributed by atoms with van der Waals surface area (Å²) < 4.78 is 35.3. The third-order valence-electron chi connectivity index (χ3n) is 2.34. The van der Waals surface area contributed by atoms with Crippen molar-refractivity contribution in [2.24, 2.45) is 0 Å². The molecule has 1 atom stereocenters. The molecular formula is C9H15F3N2O. The van der Waals surface area contributed by atoms with Gasteiger partial charge >= 0.3 is 6.18 Å². The number of hydrogen-bond donors (Lipinski definition) is 2. The molecule has 0 spiro atoms. The molecule has 15 heavy (non-hydrogen) atoms. The maximum absolute atomic E-state index is 11.8. The fourth-order valence-electron chi connectivity index (χ4n) is 1.63. The highest BCUT2D eigenvalue weighted by Crippen LogP contribution is 2.18. The third kappa shape index (κ3) is 5.61. The van der Waals surface area contributed by atoms with Crippen LogP contribution in [0.5, 0.6) is 0 Å². The normalized spacial score (nSPS) is 21.7. The monoisotopic (exact) mass is 224 g/mol. The van der Waals surface area contributed by atoms with Crippen LogP contribution in [-0.4, -0.2) is 31.2 Å². The molecule has 1 aliphatic rings. The zero-order valence-corrected chi connectivity index (χ0v) is 8.36. The average molecular weight is 224 g/mol. The molecule has 1 aliphatic heterocycles. The van der Waals surface area contributed by atoms with Gasteiger partial charge < -0.3 is 10.6 Å². The van der Waals surface area contributed by atoms with Crippen LogP contribution in [0.2, 0.25) is 0 Å². The van der Waals surface area contributed by atoms with Crippen molar-refractivity contribution < 1.29 is 18.0 Å². The van der Waals surface area contributed by atoms with Crippen LogP contribution in [0.1, 0.15) is 25.7 Å². The van der Waals surface area contributed by atoms with Crippen LogP contribution in [-0.2, 0) is 4.79 Å². The Morgan fingerprint density at radius 3 is 2.73 bits per heavy atom. The van der Waals surface area contributed by atoms with Crippen LogP contribution in [0, 0.1) is 0 Å². The molecular weight excluding hydrogens is 209 g/mol. The molecule has 2 N–H and O–H groups in total. The highest BCUT2D eigenvalue weighted by molar-refractivity contribution is 5.76. The number of carbonyl (C=O) groups is 1. The van der Waals surface area contributed by atoms with E-state index in [9.17, 15) is 18.0 Å². The minimum absolute atomic E-state index is 0.312. The van der Waals surface area contributed by atoms with Crippen molar-refractivity contribution in [1.29, 1.82) is 0 Å². The van der Waals surface area contributed by atoms with Gasteiger partial charge in [-0.1, -0.05) is 0 Å². The molecule has 0 unspecified atom stereocenters. The molecule has 0 aromatic rings. The third-order valence-corrected chi connectivity index (χ3v) is 2.34. The van der Waals surface area contributed by atoms with Crippen molar-refractivity contribution >= 4 is 5.91 Å². The molecule has 88 valence electrons. The lowest BCUT2D eigenvalue weighted by Crippen LogP contribution is -2.32. The minimum atomic E-state index is -4.41. The first-order valence-corrected chi connectivity index (χ1v) is 5.04. The lowest BCUT2D eigenvalue weighted by atomic mass is 10.1. The van der Waals surface area contributed by atoms with Crippen LogP contribution < -0.4 is 10.6 Å². The van der Waals surface area contributed by atoms with Gasteiger partial charge in [-0.05, 0) is 25.8 Å². The van der Waals surface area contributed by atoms with E-state index in [2.05, 4.69) is 10.6 Å². The molecule has 1 rings (SSSR count). The van der Waals surface area contributed by atoms with Crippen molar-refractivity contribution in [2.75, 3.05) is 13.1 Å². The van der Waals surface area contributed by atoms with E-state index >= 15 is 0 Å². The molecule has 6 heteroatoms. The molecule has 0 saturated carbocycles. The summed E-state index contributed by atoms with van der Waals surface area (Å²) in [5, 5.41) is 5.47. The van der Waals surface area contributed by atoms with Crippen molar-refractivity contribution in [1.82, 2.24) is 10.6 Å². The molecule has 0 aliphatic carbocycles. The van der Waals surface area contributed by atoms with Crippen molar-refractivity contribution in [2.45, 2.75) is 37.9 Å². The smallest absolute Gasteiger partial charge is 0.356 e. The number of carbonyl (C=O) groups excluding carboxylic acids is 1. The molecule has 0 radical (unpaired) electrons. The average Bonchev–Trinajstić information content (AvgIpc) is 2.53. The van der Waals surface area contributed by atoms with Gasteiger partial charge in [0.1, 0.15) is 6.42 Å². The Bertz CT molecular complexity index is 212. The summed E-state index contributed by atoms with van der Waals surface area (Å²) in [6, 6.07) is 0.344. The van der Waals surface area contributed by atoms with Crippen molar-refractivity contribution in [3.8, 4) is 0 Å². The second-order valence-electron chi connectivity index (χ2n) is 3.72. The van der Waals surface area contributed by atoms with E-state index in [-0.39, 0.29) is 0 Å². The highest BCUT2D eigenvalue weighted by Gasteiger charge is 2.30. The van der Waals surface area contributed by atoms with E-state index in [0.717, 1.165) is 19.4 Å². The number of nitrogens with one attached hydrogen (secondary N) is 2. The van der Waals surface area contributed by atoms with Gasteiger partial charge in [0.15, 0.2) is 0 Å². The van der Waals surface area contributed by atoms with Gasteiger partial charge in [-0.25, -0.2) is 0 Å². The van der Waals surface area contributed by atoms with E-state index in [4.69, 9.17) is 0 Å². The largest absolute Gasteiger partial charge is 0.397 e. The van der Waals surface area contributed by atoms with E-state index in [1.165, 1.54) is 0 Å². The SMILES string of the molecule is O=C(CC(F)(F)F)NCC[C@@H]1CCCN1. The van der Waals surface area contributed by atoms with Gasteiger partial charge in [-0.2, -0.15) is 13.2 Å². The fraction of sp³-hybridized carbons (Fsp3) is 0.889. The molecule has 0 aromatic carbocycles. The maximum Gasteiger partial charge on any atom is 0.397 e. The summed E-state index contributed by atoms with van der Waals surface area (Å²) in [5.74, 6) is -0.944. The molecule has 1 heterocycles. The van der Waals surface area contributed by atoms with Gasteiger partial charge in [0, 0.05) is 12.6 Å². The van der Waals surface area contributed by atoms with E-state index < -0.39 is 18.5 Å². The summed E-state index contributed by atoms with van der Waals surface area (Å²) in [7, 11) is 0. The molecule has 1 fully saturated rings. The summed E-state index contributed by atoms with van der Waals surface area (Å²) in [5.41, 5.74) is 0. The maximum atomic E-state index is 11.8. The second-order valence-corrected chi connectivity index (χ2v) is 3.72. The molecule has 1 saturated heterocycles. The van der Waals surface area contributed by atoms with Gasteiger partial charge in [0.2, 0.25) is 5.91 Å². The summed E-state index contributed by atoms with van der Waals surface area (Å²) in [6.07, 6.45) is -2.96. The highest BCUT2D eigenvalue weighted by atomic mass is 19.4. The summed E-state index contributed by atoms with van der Waals surface area (Å²) in [6.45, 7) is 1.27. The van der Waals surface area contributed by atoms with Crippen molar-refractivity contribution in [3.63, 3.8) is 0 Å². The Labute approximate surface area is 86.4 Å². The predicted molar refractivity (Wildman–Crippen MR) is 49.3 cm³/mol. The van der Waals surface area contributed by atoms with E-state index in [0.29, 0.717) is 19.0 Å². The van der Waals surface area contributed by atoms with E-state index in [1.54, 1.807) is 0 Å². The topological polar surface area (TPSA) is 41.1 Å². The van der Waals surface area contributed by atoms with Crippen LogP contribution in [0.3, 0.4) is 0 Å². The minimum Gasteiger partial charge on any atom is -0.356 e. The Kier molecular flexibility index (Phi) is 4.38. The van der Waals surface area contributed by atoms with E-state index in [1.807, 2.05) is 0 Å². The molecule has 0 aromatic heterocycles. The predicted octanol–water partition coefficient (Wildman–Crippen LogP) is 1.20. The second kappa shape index (κ2) is 5.34. The molecule has 3 nitrogen and oxygen atoms in total. The first kappa shape index (κ1) is 12.3. The van der Waals surface area contributed by atoms with Crippen LogP contribution in [0.4, 0.5) is 13.2 Å². The fourth-order valence-corrected chi connectivity index (χ4v) is 1.63. The quantitative estimate of drug-likeness (QED) is 0.753. The van der Waals surface area contributed by atoms with Gasteiger partial charge in [0.05, 0.1) is 0 Å². The van der Waals surface area contributed by atoms with Gasteiger partial charge in [-0.15, -0.1) is 0 Å². The first-order chi connectivity index (χ1) is 6.97. The Balaban J connectivity index is 2.06. The van der Waals surface area contributed by atoms with Crippen LogP contribution in [0.25, 0.3) is 0 Å². The van der Waals surface area contributed by atoms with Gasteiger partial charge in [-0.3, -0.25) is 4.79 Å².